The highest BCUT2D eigenvalue weighted by Crippen LogP contribution is 2.24. The number of amides is 2. The molecule has 2 unspecified atom stereocenters. The summed E-state index contributed by atoms with van der Waals surface area (Å²) in [6.45, 7) is 2.78. The molecule has 0 bridgehead atoms. The molecule has 24 heavy (non-hydrogen) atoms. The molecule has 1 aliphatic heterocycles. The van der Waals surface area contributed by atoms with Crippen molar-refractivity contribution in [2.75, 3.05) is 18.6 Å². The molecule has 2 atom stereocenters. The van der Waals surface area contributed by atoms with Crippen molar-refractivity contribution in [1.82, 2.24) is 15.2 Å². The van der Waals surface area contributed by atoms with Gasteiger partial charge in [-0.15, -0.1) is 0 Å². The van der Waals surface area contributed by atoms with Gasteiger partial charge >= 0.3 is 0 Å². The Morgan fingerprint density at radius 3 is 2.88 bits per heavy atom. The molecule has 0 aromatic carbocycles. The maximum absolute atomic E-state index is 12.9. The number of aromatic amines is 1. The van der Waals surface area contributed by atoms with E-state index in [-0.39, 0.29) is 23.9 Å². The summed E-state index contributed by atoms with van der Waals surface area (Å²) in [6, 6.07) is 2.38. The van der Waals surface area contributed by atoms with Crippen LogP contribution in [0.3, 0.4) is 0 Å². The van der Waals surface area contributed by atoms with Crippen LogP contribution in [0, 0.1) is 0 Å². The van der Waals surface area contributed by atoms with Crippen LogP contribution in [-0.4, -0.2) is 52.3 Å². The van der Waals surface area contributed by atoms with Gasteiger partial charge in [0, 0.05) is 24.3 Å². The van der Waals surface area contributed by atoms with Gasteiger partial charge in [-0.3, -0.25) is 9.59 Å². The monoisotopic (exact) mass is 349 g/mol. The molecule has 5 nitrogen and oxygen atoms in total. The molecule has 1 fully saturated rings. The number of rotatable bonds is 4. The number of H-pyrrole nitrogens is 1. The maximum atomic E-state index is 12.9. The normalized spacial score (nSPS) is 23.7. The Bertz CT molecular complexity index is 590. The number of piperidine rings is 1. The lowest BCUT2D eigenvalue weighted by Gasteiger charge is -2.37. The van der Waals surface area contributed by atoms with Crippen molar-refractivity contribution in [2.45, 2.75) is 57.5 Å². The molecule has 2 amide bonds. The van der Waals surface area contributed by atoms with Crippen molar-refractivity contribution in [2.24, 2.45) is 0 Å². The Balaban J connectivity index is 1.60. The van der Waals surface area contributed by atoms with Crippen molar-refractivity contribution in [1.29, 1.82) is 0 Å². The van der Waals surface area contributed by atoms with Crippen LogP contribution in [0.2, 0.25) is 0 Å². The largest absolute Gasteiger partial charge is 0.354 e. The van der Waals surface area contributed by atoms with E-state index in [0.717, 1.165) is 31.4 Å². The third-order valence-electron chi connectivity index (χ3n) is 5.12. The van der Waals surface area contributed by atoms with Crippen LogP contribution in [-0.2, 0) is 17.6 Å². The molecule has 0 saturated carbocycles. The minimum Gasteiger partial charge on any atom is -0.354 e. The lowest BCUT2D eigenvalue weighted by Crippen LogP contribution is -2.51. The van der Waals surface area contributed by atoms with Gasteiger partial charge in [-0.25, -0.2) is 0 Å². The number of likely N-dealkylation sites (tertiary alicyclic amines) is 1. The van der Waals surface area contributed by atoms with E-state index in [9.17, 15) is 9.59 Å². The number of aryl methyl sites for hydroxylation is 2. The quantitative estimate of drug-likeness (QED) is 0.877. The first-order chi connectivity index (χ1) is 11.6. The molecule has 2 aliphatic rings. The second-order valence-electron chi connectivity index (χ2n) is 6.96. The highest BCUT2D eigenvalue weighted by atomic mass is 32.2. The van der Waals surface area contributed by atoms with E-state index in [1.54, 1.807) is 0 Å². The van der Waals surface area contributed by atoms with Gasteiger partial charge < -0.3 is 15.2 Å². The van der Waals surface area contributed by atoms with Gasteiger partial charge in [0.25, 0.3) is 5.91 Å². The zero-order chi connectivity index (χ0) is 17.1. The smallest absolute Gasteiger partial charge is 0.270 e. The first-order valence-corrected chi connectivity index (χ1v) is 10.3. The van der Waals surface area contributed by atoms with Crippen molar-refractivity contribution in [3.05, 3.63) is 23.0 Å². The minimum absolute atomic E-state index is 0.0940. The summed E-state index contributed by atoms with van der Waals surface area (Å²) in [5.74, 6) is 0.698. The van der Waals surface area contributed by atoms with Gasteiger partial charge in [0.1, 0.15) is 5.69 Å². The van der Waals surface area contributed by atoms with Gasteiger partial charge in [0.2, 0.25) is 5.91 Å². The second-order valence-corrected chi connectivity index (χ2v) is 7.83. The fraction of sp³-hybridized carbons (Fsp3) is 0.667. The predicted octanol–water partition coefficient (Wildman–Crippen LogP) is 2.37. The zero-order valence-corrected chi connectivity index (χ0v) is 15.4. The van der Waals surface area contributed by atoms with Gasteiger partial charge in [-0.1, -0.05) is 0 Å². The summed E-state index contributed by atoms with van der Waals surface area (Å²) < 4.78 is 0. The summed E-state index contributed by atoms with van der Waals surface area (Å²) in [5, 5.41) is 3.08. The maximum Gasteiger partial charge on any atom is 0.270 e. The van der Waals surface area contributed by atoms with Crippen LogP contribution in [0.1, 0.15) is 54.4 Å². The molecular weight excluding hydrogens is 322 g/mol. The topological polar surface area (TPSA) is 65.2 Å². The van der Waals surface area contributed by atoms with Crippen LogP contribution >= 0.6 is 11.8 Å². The van der Waals surface area contributed by atoms with Crippen molar-refractivity contribution in [3.63, 3.8) is 0 Å². The average molecular weight is 350 g/mol. The molecule has 3 rings (SSSR count). The van der Waals surface area contributed by atoms with Crippen LogP contribution in [0.4, 0.5) is 0 Å². The van der Waals surface area contributed by atoms with E-state index in [1.807, 2.05) is 11.2 Å². The molecule has 6 heteroatoms. The lowest BCUT2D eigenvalue weighted by molar-refractivity contribution is -0.119. The molecule has 1 aliphatic carbocycles. The van der Waals surface area contributed by atoms with E-state index in [4.69, 9.17) is 0 Å². The Labute approximate surface area is 147 Å². The summed E-state index contributed by atoms with van der Waals surface area (Å²) >= 11 is 1.53. The van der Waals surface area contributed by atoms with Crippen LogP contribution in [0.25, 0.3) is 0 Å². The highest BCUT2D eigenvalue weighted by Gasteiger charge is 2.31. The minimum atomic E-state index is 0.0940. The number of hydrogen-bond donors (Lipinski definition) is 2. The molecule has 1 saturated heterocycles. The van der Waals surface area contributed by atoms with Gasteiger partial charge in [-0.2, -0.15) is 11.8 Å². The average Bonchev–Trinajstić information content (AvgIpc) is 2.98. The number of thioether (sulfide) groups is 1. The SMILES string of the molecule is CSCC(=O)NC1CCN(C(=O)c2cc3c([nH]2)CCCC3)C(C)C1. The summed E-state index contributed by atoms with van der Waals surface area (Å²) in [4.78, 5) is 29.9. The predicted molar refractivity (Wildman–Crippen MR) is 97.5 cm³/mol. The fourth-order valence-corrected chi connectivity index (χ4v) is 4.22. The fourth-order valence-electron chi connectivity index (χ4n) is 3.88. The Morgan fingerprint density at radius 1 is 1.38 bits per heavy atom. The van der Waals surface area contributed by atoms with Crippen molar-refractivity contribution >= 4 is 23.6 Å². The Morgan fingerprint density at radius 2 is 2.17 bits per heavy atom. The number of carbonyl (C=O) groups is 2. The molecule has 132 valence electrons. The molecule has 2 N–H and O–H groups in total. The summed E-state index contributed by atoms with van der Waals surface area (Å²) in [7, 11) is 0. The zero-order valence-electron chi connectivity index (χ0n) is 14.6. The standard InChI is InChI=1S/C18H27N3O2S/c1-12-9-14(19-17(22)11-24-2)7-8-21(12)18(23)16-10-13-5-3-4-6-15(13)20-16/h10,12,14,20H,3-9,11H2,1-2H3,(H,19,22). The van der Waals surface area contributed by atoms with Crippen LogP contribution in [0.15, 0.2) is 6.07 Å². The van der Waals surface area contributed by atoms with E-state index in [1.165, 1.54) is 35.9 Å². The van der Waals surface area contributed by atoms with Crippen molar-refractivity contribution < 1.29 is 9.59 Å². The van der Waals surface area contributed by atoms with E-state index in [0.29, 0.717) is 12.3 Å². The van der Waals surface area contributed by atoms with Gasteiger partial charge in [0.15, 0.2) is 0 Å². The summed E-state index contributed by atoms with van der Waals surface area (Å²) in [5.41, 5.74) is 3.30. The molecule has 2 heterocycles. The third-order valence-corrected chi connectivity index (χ3v) is 5.67. The van der Waals surface area contributed by atoms with E-state index < -0.39 is 0 Å². The second kappa shape index (κ2) is 7.64. The molecule has 1 aromatic rings. The first kappa shape index (κ1) is 17.4. The molecule has 1 aromatic heterocycles. The summed E-state index contributed by atoms with van der Waals surface area (Å²) in [6.07, 6.45) is 8.15. The first-order valence-electron chi connectivity index (χ1n) is 8.88. The number of aromatic nitrogens is 1. The Hall–Kier alpha value is -1.43. The number of fused-ring (bicyclic) bond motifs is 1. The van der Waals surface area contributed by atoms with Gasteiger partial charge in [0.05, 0.1) is 5.75 Å². The van der Waals surface area contributed by atoms with E-state index in [2.05, 4.69) is 23.3 Å². The number of nitrogens with one attached hydrogen (secondary N) is 2. The Kier molecular flexibility index (Phi) is 5.54. The molecule has 0 spiro atoms. The van der Waals surface area contributed by atoms with Crippen LogP contribution in [0.5, 0.6) is 0 Å². The third kappa shape index (κ3) is 3.79. The lowest BCUT2D eigenvalue weighted by atomic mass is 9.97. The number of carbonyl (C=O) groups excluding carboxylic acids is 2. The molecular formula is C18H27N3O2S. The molecule has 0 radical (unpaired) electrons. The highest BCUT2D eigenvalue weighted by molar-refractivity contribution is 7.99. The van der Waals surface area contributed by atoms with Crippen LogP contribution < -0.4 is 5.32 Å². The number of nitrogens with zero attached hydrogens (tertiary/aromatic N) is 1. The number of hydrogen-bond acceptors (Lipinski definition) is 3. The van der Waals surface area contributed by atoms with E-state index >= 15 is 0 Å². The van der Waals surface area contributed by atoms with Crippen molar-refractivity contribution in [3.8, 4) is 0 Å². The van der Waals surface area contributed by atoms with Gasteiger partial charge in [-0.05, 0) is 63.3 Å².